The molecule has 2 N–H and O–H groups in total. The molecule has 0 saturated heterocycles. The monoisotopic (exact) mass is 201 g/mol. The number of nitrogens with zero attached hydrogens (tertiary/aromatic N) is 2. The third-order valence-electron chi connectivity index (χ3n) is 2.50. The number of aromatic nitrogens is 2. The Kier molecular flexibility index (Phi) is 1.74. The zero-order chi connectivity index (χ0) is 10.3. The van der Waals surface area contributed by atoms with Gasteiger partial charge in [-0.25, -0.2) is 0 Å². The fourth-order valence-electron chi connectivity index (χ4n) is 1.52. The second kappa shape index (κ2) is 3.08. The van der Waals surface area contributed by atoms with E-state index in [-0.39, 0.29) is 0 Å². The van der Waals surface area contributed by atoms with Gasteiger partial charge in [-0.1, -0.05) is 6.07 Å². The SMILES string of the molecule is Nc1cccc(-c2nnc(C3CC3)o2)c1. The lowest BCUT2D eigenvalue weighted by atomic mass is 10.2. The van der Waals surface area contributed by atoms with Gasteiger partial charge in [0.15, 0.2) is 0 Å². The zero-order valence-electron chi connectivity index (χ0n) is 8.18. The van der Waals surface area contributed by atoms with Gasteiger partial charge < -0.3 is 10.2 Å². The van der Waals surface area contributed by atoms with Crippen LogP contribution in [0.25, 0.3) is 11.5 Å². The molecule has 15 heavy (non-hydrogen) atoms. The molecule has 0 spiro atoms. The van der Waals surface area contributed by atoms with Crippen LogP contribution in [-0.4, -0.2) is 10.2 Å². The van der Waals surface area contributed by atoms with E-state index in [1.54, 1.807) is 0 Å². The molecule has 3 rings (SSSR count). The summed E-state index contributed by atoms with van der Waals surface area (Å²) in [6, 6.07) is 7.47. The largest absolute Gasteiger partial charge is 0.420 e. The molecule has 0 bridgehead atoms. The van der Waals surface area contributed by atoms with E-state index < -0.39 is 0 Å². The first kappa shape index (κ1) is 8.47. The van der Waals surface area contributed by atoms with Crippen molar-refractivity contribution < 1.29 is 4.42 Å². The highest BCUT2D eigenvalue weighted by molar-refractivity contribution is 5.59. The van der Waals surface area contributed by atoms with Gasteiger partial charge in [-0.3, -0.25) is 0 Å². The Morgan fingerprint density at radius 3 is 2.87 bits per heavy atom. The Morgan fingerprint density at radius 1 is 1.27 bits per heavy atom. The van der Waals surface area contributed by atoms with Crippen LogP contribution in [0.15, 0.2) is 28.7 Å². The topological polar surface area (TPSA) is 64.9 Å². The first-order chi connectivity index (χ1) is 7.33. The van der Waals surface area contributed by atoms with Gasteiger partial charge in [-0.2, -0.15) is 0 Å². The van der Waals surface area contributed by atoms with Gasteiger partial charge in [0.1, 0.15) is 0 Å². The lowest BCUT2D eigenvalue weighted by molar-refractivity contribution is 0.508. The van der Waals surface area contributed by atoms with E-state index in [9.17, 15) is 0 Å². The van der Waals surface area contributed by atoms with Gasteiger partial charge in [0.2, 0.25) is 11.8 Å². The molecule has 0 unspecified atom stereocenters. The maximum Gasteiger partial charge on any atom is 0.247 e. The number of hydrogen-bond acceptors (Lipinski definition) is 4. The van der Waals surface area contributed by atoms with Crippen molar-refractivity contribution in [3.63, 3.8) is 0 Å². The highest BCUT2D eigenvalue weighted by atomic mass is 16.4. The summed E-state index contributed by atoms with van der Waals surface area (Å²) in [4.78, 5) is 0. The van der Waals surface area contributed by atoms with E-state index in [4.69, 9.17) is 10.2 Å². The van der Waals surface area contributed by atoms with Crippen molar-refractivity contribution in [3.8, 4) is 11.5 Å². The second-order valence-corrected chi connectivity index (χ2v) is 3.85. The Labute approximate surface area is 87.1 Å². The van der Waals surface area contributed by atoms with Crippen molar-refractivity contribution >= 4 is 5.69 Å². The van der Waals surface area contributed by atoms with Gasteiger partial charge in [-0.05, 0) is 31.0 Å². The molecular weight excluding hydrogens is 190 g/mol. The maximum atomic E-state index is 5.69. The van der Waals surface area contributed by atoms with E-state index in [2.05, 4.69) is 10.2 Å². The van der Waals surface area contributed by atoms with Crippen LogP contribution >= 0.6 is 0 Å². The van der Waals surface area contributed by atoms with E-state index in [1.807, 2.05) is 24.3 Å². The number of hydrogen-bond donors (Lipinski definition) is 1. The quantitative estimate of drug-likeness (QED) is 0.756. The molecule has 4 heteroatoms. The molecule has 1 saturated carbocycles. The van der Waals surface area contributed by atoms with Gasteiger partial charge in [0.05, 0.1) is 0 Å². The summed E-state index contributed by atoms with van der Waals surface area (Å²) < 4.78 is 5.57. The van der Waals surface area contributed by atoms with Crippen LogP contribution in [0.2, 0.25) is 0 Å². The van der Waals surface area contributed by atoms with Crippen molar-refractivity contribution in [2.45, 2.75) is 18.8 Å². The van der Waals surface area contributed by atoms with Crippen LogP contribution in [0, 0.1) is 0 Å². The molecule has 1 aliphatic rings. The predicted octanol–water partition coefficient (Wildman–Crippen LogP) is 2.20. The Hall–Kier alpha value is -1.84. The van der Waals surface area contributed by atoms with Crippen molar-refractivity contribution in [1.82, 2.24) is 10.2 Å². The van der Waals surface area contributed by atoms with Crippen LogP contribution in [0.3, 0.4) is 0 Å². The molecule has 2 aromatic rings. The summed E-state index contributed by atoms with van der Waals surface area (Å²) in [6.07, 6.45) is 2.33. The van der Waals surface area contributed by atoms with Crippen molar-refractivity contribution in [2.24, 2.45) is 0 Å². The standard InChI is InChI=1S/C11H11N3O/c12-9-3-1-2-8(6-9)11-14-13-10(15-11)7-4-5-7/h1-3,6-7H,4-5,12H2. The molecule has 0 amide bonds. The minimum absolute atomic E-state index is 0.493. The van der Waals surface area contributed by atoms with Crippen LogP contribution in [-0.2, 0) is 0 Å². The van der Waals surface area contributed by atoms with Crippen LogP contribution in [0.4, 0.5) is 5.69 Å². The molecule has 76 valence electrons. The smallest absolute Gasteiger partial charge is 0.247 e. The van der Waals surface area contributed by atoms with Crippen molar-refractivity contribution in [3.05, 3.63) is 30.2 Å². The second-order valence-electron chi connectivity index (χ2n) is 3.85. The van der Waals surface area contributed by atoms with Crippen LogP contribution in [0.1, 0.15) is 24.7 Å². The van der Waals surface area contributed by atoms with Gasteiger partial charge in [-0.15, -0.1) is 10.2 Å². The van der Waals surface area contributed by atoms with E-state index in [0.717, 1.165) is 11.5 Å². The van der Waals surface area contributed by atoms with Crippen molar-refractivity contribution in [2.75, 3.05) is 5.73 Å². The van der Waals surface area contributed by atoms with Gasteiger partial charge >= 0.3 is 0 Å². The summed E-state index contributed by atoms with van der Waals surface area (Å²) in [5.74, 6) is 1.81. The molecule has 1 aromatic carbocycles. The first-order valence-electron chi connectivity index (χ1n) is 5.02. The zero-order valence-corrected chi connectivity index (χ0v) is 8.18. The van der Waals surface area contributed by atoms with Crippen LogP contribution < -0.4 is 5.73 Å². The number of anilines is 1. The summed E-state index contributed by atoms with van der Waals surface area (Å²) in [6.45, 7) is 0. The van der Waals surface area contributed by atoms with Crippen LogP contribution in [0.5, 0.6) is 0 Å². The molecule has 1 fully saturated rings. The molecule has 1 heterocycles. The lowest BCUT2D eigenvalue weighted by Crippen LogP contribution is -1.84. The number of rotatable bonds is 2. The Balaban J connectivity index is 1.97. The fraction of sp³-hybridized carbons (Fsp3) is 0.273. The van der Waals surface area contributed by atoms with E-state index in [0.29, 0.717) is 17.5 Å². The molecule has 1 aliphatic carbocycles. The van der Waals surface area contributed by atoms with Gasteiger partial charge in [0, 0.05) is 17.2 Å². The Morgan fingerprint density at radius 2 is 2.13 bits per heavy atom. The average molecular weight is 201 g/mol. The molecule has 0 aliphatic heterocycles. The Bertz CT molecular complexity index is 488. The summed E-state index contributed by atoms with van der Waals surface area (Å²) in [5, 5.41) is 8.04. The van der Waals surface area contributed by atoms with Gasteiger partial charge in [0.25, 0.3) is 0 Å². The highest BCUT2D eigenvalue weighted by Gasteiger charge is 2.29. The minimum Gasteiger partial charge on any atom is -0.420 e. The van der Waals surface area contributed by atoms with E-state index >= 15 is 0 Å². The van der Waals surface area contributed by atoms with Crippen molar-refractivity contribution in [1.29, 1.82) is 0 Å². The number of nitrogen functional groups attached to an aromatic ring is 1. The summed E-state index contributed by atoms with van der Waals surface area (Å²) in [5.41, 5.74) is 7.28. The molecule has 0 radical (unpaired) electrons. The van der Waals surface area contributed by atoms with E-state index in [1.165, 1.54) is 12.8 Å². The number of benzene rings is 1. The first-order valence-corrected chi connectivity index (χ1v) is 5.02. The normalized spacial score (nSPS) is 15.5. The highest BCUT2D eigenvalue weighted by Crippen LogP contribution is 2.39. The third kappa shape index (κ3) is 1.58. The predicted molar refractivity (Wildman–Crippen MR) is 56.1 cm³/mol. The summed E-state index contributed by atoms with van der Waals surface area (Å²) in [7, 11) is 0. The number of nitrogens with two attached hydrogens (primary N) is 1. The maximum absolute atomic E-state index is 5.69. The molecule has 0 atom stereocenters. The fourth-order valence-corrected chi connectivity index (χ4v) is 1.52. The lowest BCUT2D eigenvalue weighted by Gasteiger charge is -1.95. The third-order valence-corrected chi connectivity index (χ3v) is 2.50. The molecular formula is C11H11N3O. The average Bonchev–Trinajstić information content (AvgIpc) is 2.97. The molecule has 1 aromatic heterocycles. The molecule has 4 nitrogen and oxygen atoms in total. The minimum atomic E-state index is 0.493. The summed E-state index contributed by atoms with van der Waals surface area (Å²) >= 11 is 0.